The predicted octanol–water partition coefficient (Wildman–Crippen LogP) is 3.79. The Balaban J connectivity index is 2.87. The SMILES string of the molecule is CCC(C)(NC(=O)Nc1cc(Cl)c(C)cc1Br)C(=O)O. The van der Waals surface area contributed by atoms with E-state index in [-0.39, 0.29) is 6.42 Å². The summed E-state index contributed by atoms with van der Waals surface area (Å²) in [5.74, 6) is -1.09. The van der Waals surface area contributed by atoms with Gasteiger partial charge >= 0.3 is 12.0 Å². The van der Waals surface area contributed by atoms with Crippen LogP contribution in [-0.4, -0.2) is 22.6 Å². The van der Waals surface area contributed by atoms with E-state index in [0.29, 0.717) is 15.2 Å². The van der Waals surface area contributed by atoms with E-state index in [1.54, 1.807) is 19.1 Å². The molecule has 7 heteroatoms. The largest absolute Gasteiger partial charge is 0.480 e. The number of carboxylic acids is 1. The lowest BCUT2D eigenvalue weighted by molar-refractivity contribution is -0.143. The minimum absolute atomic E-state index is 0.269. The molecule has 0 bridgehead atoms. The van der Waals surface area contributed by atoms with E-state index >= 15 is 0 Å². The number of urea groups is 1. The summed E-state index contributed by atoms with van der Waals surface area (Å²) in [6.07, 6.45) is 0.269. The lowest BCUT2D eigenvalue weighted by atomic mass is 10.00. The zero-order chi connectivity index (χ0) is 15.5. The fraction of sp³-hybridized carbons (Fsp3) is 0.385. The molecule has 110 valence electrons. The van der Waals surface area contributed by atoms with Gasteiger partial charge in [-0.3, -0.25) is 0 Å². The van der Waals surface area contributed by atoms with Crippen molar-refractivity contribution in [2.45, 2.75) is 32.7 Å². The summed E-state index contributed by atoms with van der Waals surface area (Å²) in [6.45, 7) is 4.98. The molecule has 0 aliphatic carbocycles. The normalized spacial score (nSPS) is 13.4. The molecular formula is C13H16BrClN2O3. The Morgan fingerprint density at radius 1 is 1.45 bits per heavy atom. The molecule has 0 aromatic heterocycles. The fourth-order valence-corrected chi connectivity index (χ4v) is 2.16. The summed E-state index contributed by atoms with van der Waals surface area (Å²) in [5, 5.41) is 14.6. The minimum Gasteiger partial charge on any atom is -0.480 e. The van der Waals surface area contributed by atoms with E-state index in [2.05, 4.69) is 26.6 Å². The van der Waals surface area contributed by atoms with Crippen LogP contribution in [0.3, 0.4) is 0 Å². The van der Waals surface area contributed by atoms with Crippen molar-refractivity contribution >= 4 is 45.2 Å². The van der Waals surface area contributed by atoms with Crippen LogP contribution in [0.5, 0.6) is 0 Å². The third kappa shape index (κ3) is 3.86. The number of anilines is 1. The summed E-state index contributed by atoms with van der Waals surface area (Å²) in [6, 6.07) is 2.77. The Morgan fingerprint density at radius 2 is 2.05 bits per heavy atom. The average molecular weight is 364 g/mol. The fourth-order valence-electron chi connectivity index (χ4n) is 1.44. The molecule has 0 aliphatic heterocycles. The van der Waals surface area contributed by atoms with E-state index in [1.807, 2.05) is 6.92 Å². The first-order valence-corrected chi connectivity index (χ1v) is 7.15. The van der Waals surface area contributed by atoms with Crippen LogP contribution in [0.1, 0.15) is 25.8 Å². The van der Waals surface area contributed by atoms with Gasteiger partial charge in [0, 0.05) is 9.50 Å². The summed E-state index contributed by atoms with van der Waals surface area (Å²) < 4.78 is 0.670. The number of hydrogen-bond donors (Lipinski definition) is 3. The predicted molar refractivity (Wildman–Crippen MR) is 82.4 cm³/mol. The van der Waals surface area contributed by atoms with Crippen molar-refractivity contribution in [3.8, 4) is 0 Å². The molecule has 0 saturated heterocycles. The van der Waals surface area contributed by atoms with Crippen molar-refractivity contribution in [1.29, 1.82) is 0 Å². The molecule has 0 heterocycles. The highest BCUT2D eigenvalue weighted by Crippen LogP contribution is 2.29. The molecule has 20 heavy (non-hydrogen) atoms. The summed E-state index contributed by atoms with van der Waals surface area (Å²) in [5.41, 5.74) is 0.0285. The maximum atomic E-state index is 11.9. The van der Waals surface area contributed by atoms with Gasteiger partial charge in [0.1, 0.15) is 5.54 Å². The third-order valence-corrected chi connectivity index (χ3v) is 4.13. The molecule has 5 nitrogen and oxygen atoms in total. The minimum atomic E-state index is -1.31. The first-order chi connectivity index (χ1) is 9.19. The van der Waals surface area contributed by atoms with Crippen LogP contribution in [0.25, 0.3) is 0 Å². The number of nitrogens with one attached hydrogen (secondary N) is 2. The molecule has 0 fully saturated rings. The number of benzene rings is 1. The number of carbonyl (C=O) groups is 2. The quantitative estimate of drug-likeness (QED) is 0.761. The molecular weight excluding hydrogens is 348 g/mol. The smallest absolute Gasteiger partial charge is 0.329 e. The van der Waals surface area contributed by atoms with Gasteiger partial charge in [0.2, 0.25) is 0 Å². The Hall–Kier alpha value is -1.27. The molecule has 1 aromatic rings. The number of hydrogen-bond acceptors (Lipinski definition) is 2. The molecule has 0 radical (unpaired) electrons. The molecule has 1 unspecified atom stereocenters. The Morgan fingerprint density at radius 3 is 2.55 bits per heavy atom. The van der Waals surface area contributed by atoms with E-state index in [1.165, 1.54) is 6.92 Å². The number of rotatable bonds is 4. The monoisotopic (exact) mass is 362 g/mol. The molecule has 0 saturated carbocycles. The van der Waals surface area contributed by atoms with Crippen molar-refractivity contribution in [2.75, 3.05) is 5.32 Å². The second-order valence-corrected chi connectivity index (χ2v) is 5.91. The van der Waals surface area contributed by atoms with Crippen LogP contribution in [0.4, 0.5) is 10.5 Å². The molecule has 0 spiro atoms. The van der Waals surface area contributed by atoms with Gasteiger partial charge in [-0.1, -0.05) is 18.5 Å². The highest BCUT2D eigenvalue weighted by atomic mass is 79.9. The van der Waals surface area contributed by atoms with Crippen molar-refractivity contribution in [3.63, 3.8) is 0 Å². The first-order valence-electron chi connectivity index (χ1n) is 5.98. The lowest BCUT2D eigenvalue weighted by Crippen LogP contribution is -2.53. The average Bonchev–Trinajstić information content (AvgIpc) is 2.35. The van der Waals surface area contributed by atoms with Crippen molar-refractivity contribution < 1.29 is 14.7 Å². The molecule has 1 rings (SSSR count). The standard InChI is InChI=1S/C13H16BrClN2O3/c1-4-13(3,11(18)19)17-12(20)16-10-6-9(15)7(2)5-8(10)14/h5-6H,4H2,1-3H3,(H,18,19)(H2,16,17,20). The van der Waals surface area contributed by atoms with Gasteiger partial charge in [0.15, 0.2) is 0 Å². The van der Waals surface area contributed by atoms with Gasteiger partial charge in [-0.05, 0) is 53.9 Å². The third-order valence-electron chi connectivity index (χ3n) is 3.07. The molecule has 0 aliphatic rings. The lowest BCUT2D eigenvalue weighted by Gasteiger charge is -2.24. The molecule has 1 aromatic carbocycles. The zero-order valence-electron chi connectivity index (χ0n) is 11.4. The maximum absolute atomic E-state index is 11.9. The van der Waals surface area contributed by atoms with Crippen molar-refractivity contribution in [3.05, 3.63) is 27.2 Å². The van der Waals surface area contributed by atoms with Gasteiger partial charge < -0.3 is 15.7 Å². The van der Waals surface area contributed by atoms with Crippen LogP contribution in [0.2, 0.25) is 5.02 Å². The Kier molecular flexibility index (Phi) is 5.42. The van der Waals surface area contributed by atoms with Crippen LogP contribution >= 0.6 is 27.5 Å². The van der Waals surface area contributed by atoms with Crippen molar-refractivity contribution in [2.24, 2.45) is 0 Å². The highest BCUT2D eigenvalue weighted by Gasteiger charge is 2.32. The number of halogens is 2. The zero-order valence-corrected chi connectivity index (χ0v) is 13.7. The van der Waals surface area contributed by atoms with Gasteiger partial charge in [-0.2, -0.15) is 0 Å². The van der Waals surface area contributed by atoms with Gasteiger partial charge in [0.25, 0.3) is 0 Å². The number of carbonyl (C=O) groups excluding carboxylic acids is 1. The van der Waals surface area contributed by atoms with Crippen LogP contribution in [0, 0.1) is 6.92 Å². The summed E-state index contributed by atoms with van der Waals surface area (Å²) in [7, 11) is 0. The number of aliphatic carboxylic acids is 1. The maximum Gasteiger partial charge on any atom is 0.329 e. The van der Waals surface area contributed by atoms with E-state index in [0.717, 1.165) is 5.56 Å². The molecule has 3 N–H and O–H groups in total. The highest BCUT2D eigenvalue weighted by molar-refractivity contribution is 9.10. The summed E-state index contributed by atoms with van der Waals surface area (Å²) >= 11 is 9.31. The molecule has 2 amide bonds. The van der Waals surface area contributed by atoms with Crippen LogP contribution < -0.4 is 10.6 Å². The van der Waals surface area contributed by atoms with Crippen molar-refractivity contribution in [1.82, 2.24) is 5.32 Å². The number of carboxylic acid groups (broad SMARTS) is 1. The number of aryl methyl sites for hydroxylation is 1. The van der Waals surface area contributed by atoms with E-state index in [9.17, 15) is 9.59 Å². The topological polar surface area (TPSA) is 78.4 Å². The van der Waals surface area contributed by atoms with Gasteiger partial charge in [-0.15, -0.1) is 0 Å². The number of amides is 2. The van der Waals surface area contributed by atoms with E-state index in [4.69, 9.17) is 16.7 Å². The van der Waals surface area contributed by atoms with Gasteiger partial charge in [0.05, 0.1) is 5.69 Å². The van der Waals surface area contributed by atoms with Crippen LogP contribution in [-0.2, 0) is 4.79 Å². The van der Waals surface area contributed by atoms with Crippen LogP contribution in [0.15, 0.2) is 16.6 Å². The second-order valence-electron chi connectivity index (χ2n) is 4.65. The van der Waals surface area contributed by atoms with Gasteiger partial charge in [-0.25, -0.2) is 9.59 Å². The second kappa shape index (κ2) is 6.45. The van der Waals surface area contributed by atoms with E-state index < -0.39 is 17.5 Å². The Bertz CT molecular complexity index is 551. The Labute approximate surface area is 130 Å². The summed E-state index contributed by atoms with van der Waals surface area (Å²) in [4.78, 5) is 23.0. The molecule has 1 atom stereocenters. The first kappa shape index (κ1) is 16.8.